The Kier molecular flexibility index (Phi) is 5.91. The summed E-state index contributed by atoms with van der Waals surface area (Å²) in [4.78, 5) is 16.7. The third-order valence-electron chi connectivity index (χ3n) is 8.75. The van der Waals surface area contributed by atoms with Gasteiger partial charge in [-0.05, 0) is 48.2 Å². The van der Waals surface area contributed by atoms with Gasteiger partial charge in [0.2, 0.25) is 0 Å². The quantitative estimate of drug-likeness (QED) is 0.206. The van der Waals surface area contributed by atoms with Crippen molar-refractivity contribution in [2.24, 2.45) is 0 Å². The number of aromatic nitrogens is 3. The predicted molar refractivity (Wildman–Crippen MR) is 180 cm³/mol. The van der Waals surface area contributed by atoms with Gasteiger partial charge in [-0.3, -0.25) is 0 Å². The van der Waals surface area contributed by atoms with Crippen LogP contribution in [0, 0.1) is 0 Å². The fraction of sp³-hybridized carbons (Fsp3) is 0.103. The number of rotatable bonds is 4. The van der Waals surface area contributed by atoms with Crippen molar-refractivity contribution in [1.29, 1.82) is 0 Å². The highest BCUT2D eigenvalue weighted by Gasteiger charge is 2.29. The van der Waals surface area contributed by atoms with Gasteiger partial charge in [0.15, 0.2) is 5.82 Å². The summed E-state index contributed by atoms with van der Waals surface area (Å²) in [5.41, 5.74) is 6.48. The van der Waals surface area contributed by atoms with Crippen LogP contribution in [0.2, 0.25) is 0 Å². The van der Waals surface area contributed by atoms with E-state index in [4.69, 9.17) is 19.4 Å². The molecule has 2 atom stereocenters. The van der Waals surface area contributed by atoms with Gasteiger partial charge < -0.3 is 4.42 Å². The van der Waals surface area contributed by atoms with Crippen molar-refractivity contribution in [2.45, 2.75) is 24.7 Å². The summed E-state index contributed by atoms with van der Waals surface area (Å²) in [5, 5.41) is 3.57. The molecule has 7 aromatic rings. The van der Waals surface area contributed by atoms with Crippen molar-refractivity contribution in [3.8, 4) is 11.4 Å². The maximum atomic E-state index is 6.33. The molecule has 0 bridgehead atoms. The van der Waals surface area contributed by atoms with Gasteiger partial charge in [0.1, 0.15) is 22.8 Å². The van der Waals surface area contributed by atoms with Crippen molar-refractivity contribution in [3.63, 3.8) is 0 Å². The number of benzene rings is 4. The molecule has 0 amide bonds. The number of furan rings is 1. The number of hydrogen-bond acceptors (Lipinski definition) is 5. The monoisotopic (exact) mass is 585 g/mol. The first kappa shape index (κ1) is 25.4. The lowest BCUT2D eigenvalue weighted by Gasteiger charge is -2.23. The van der Waals surface area contributed by atoms with E-state index in [0.29, 0.717) is 0 Å². The van der Waals surface area contributed by atoms with E-state index in [1.54, 1.807) is 0 Å². The summed E-state index contributed by atoms with van der Waals surface area (Å²) in [5.74, 6) is 2.52. The molecule has 3 heterocycles. The summed E-state index contributed by atoms with van der Waals surface area (Å²) in [6.45, 7) is 0. The molecule has 4 nitrogen and oxygen atoms in total. The molecule has 3 aromatic heterocycles. The van der Waals surface area contributed by atoms with E-state index in [0.717, 1.165) is 63.4 Å². The number of thiophene rings is 1. The molecular formula is C39H27N3OS. The van der Waals surface area contributed by atoms with Crippen LogP contribution in [-0.4, -0.2) is 15.0 Å². The normalized spacial score (nSPS) is 17.8. The van der Waals surface area contributed by atoms with E-state index in [1.807, 2.05) is 41.7 Å². The first-order chi connectivity index (χ1) is 21.8. The molecule has 0 fully saturated rings. The van der Waals surface area contributed by atoms with Crippen LogP contribution in [0.15, 0.2) is 132 Å². The summed E-state index contributed by atoms with van der Waals surface area (Å²) in [7, 11) is 0. The van der Waals surface area contributed by atoms with E-state index in [1.165, 1.54) is 26.1 Å². The van der Waals surface area contributed by atoms with Gasteiger partial charge in [0, 0.05) is 48.7 Å². The third-order valence-corrected chi connectivity index (χ3v) is 9.94. The summed E-state index contributed by atoms with van der Waals surface area (Å²) >= 11 is 1.88. The Labute approximate surface area is 258 Å². The Morgan fingerprint density at radius 1 is 0.659 bits per heavy atom. The molecule has 0 saturated heterocycles. The van der Waals surface area contributed by atoms with Crippen LogP contribution in [0.4, 0.5) is 0 Å². The second-order valence-corrected chi connectivity index (χ2v) is 12.6. The van der Waals surface area contributed by atoms with Crippen molar-refractivity contribution >= 4 is 48.9 Å². The second-order valence-electron chi connectivity index (χ2n) is 11.5. The van der Waals surface area contributed by atoms with Crippen LogP contribution in [0.3, 0.4) is 0 Å². The average molecular weight is 586 g/mol. The number of fused-ring (bicyclic) bond motifs is 6. The minimum absolute atomic E-state index is 0.00394. The molecule has 0 N–H and O–H groups in total. The maximum Gasteiger partial charge on any atom is 0.163 e. The van der Waals surface area contributed by atoms with Gasteiger partial charge in [0.25, 0.3) is 0 Å². The Balaban J connectivity index is 1.24. The SMILES string of the molecule is C1=CCC(c2nc(-c3ccccc3)nc(C3C=C(c4ccc5c(c4)oc4ccccc45)c4c(sc5ccccc45)C3)n2)C=C1. The second kappa shape index (κ2) is 10.2. The summed E-state index contributed by atoms with van der Waals surface area (Å²) < 4.78 is 7.63. The topological polar surface area (TPSA) is 51.8 Å². The minimum atomic E-state index is 0.00394. The number of hydrogen-bond donors (Lipinski definition) is 0. The summed E-state index contributed by atoms with van der Waals surface area (Å²) in [6.07, 6.45) is 12.7. The smallest absolute Gasteiger partial charge is 0.163 e. The Morgan fingerprint density at radius 3 is 2.30 bits per heavy atom. The predicted octanol–water partition coefficient (Wildman–Crippen LogP) is 10.0. The van der Waals surface area contributed by atoms with E-state index >= 15 is 0 Å². The van der Waals surface area contributed by atoms with Crippen molar-refractivity contribution < 1.29 is 4.42 Å². The first-order valence-corrected chi connectivity index (χ1v) is 15.9. The van der Waals surface area contributed by atoms with Crippen LogP contribution in [0.5, 0.6) is 0 Å². The van der Waals surface area contributed by atoms with E-state index < -0.39 is 0 Å². The van der Waals surface area contributed by atoms with Crippen LogP contribution in [0.25, 0.3) is 49.0 Å². The van der Waals surface area contributed by atoms with Crippen molar-refractivity contribution in [3.05, 3.63) is 155 Å². The molecule has 0 spiro atoms. The zero-order valence-corrected chi connectivity index (χ0v) is 24.7. The highest BCUT2D eigenvalue weighted by molar-refractivity contribution is 7.19. The van der Waals surface area contributed by atoms with Gasteiger partial charge in [-0.25, -0.2) is 15.0 Å². The van der Waals surface area contributed by atoms with Gasteiger partial charge in [-0.15, -0.1) is 11.3 Å². The number of allylic oxidation sites excluding steroid dienone is 5. The lowest BCUT2D eigenvalue weighted by Crippen LogP contribution is -2.15. The maximum absolute atomic E-state index is 6.33. The fourth-order valence-corrected chi connectivity index (χ4v) is 7.88. The van der Waals surface area contributed by atoms with Crippen LogP contribution in [-0.2, 0) is 6.42 Å². The van der Waals surface area contributed by atoms with Crippen LogP contribution < -0.4 is 0 Å². The average Bonchev–Trinajstić information content (AvgIpc) is 3.66. The molecule has 2 aliphatic carbocycles. The molecule has 0 aliphatic heterocycles. The van der Waals surface area contributed by atoms with Crippen molar-refractivity contribution in [2.75, 3.05) is 0 Å². The fourth-order valence-electron chi connectivity index (χ4n) is 6.61. The molecule has 5 heteroatoms. The van der Waals surface area contributed by atoms with Gasteiger partial charge >= 0.3 is 0 Å². The first-order valence-electron chi connectivity index (χ1n) is 15.1. The van der Waals surface area contributed by atoms with Gasteiger partial charge in [0.05, 0.1) is 0 Å². The molecule has 2 aliphatic rings. The lowest BCUT2D eigenvalue weighted by atomic mass is 9.84. The van der Waals surface area contributed by atoms with Crippen LogP contribution in [0.1, 0.15) is 45.9 Å². The molecule has 2 unspecified atom stereocenters. The molecule has 210 valence electrons. The largest absolute Gasteiger partial charge is 0.456 e. The van der Waals surface area contributed by atoms with E-state index in [2.05, 4.69) is 97.1 Å². The molecule has 0 saturated carbocycles. The Morgan fingerprint density at radius 2 is 1.43 bits per heavy atom. The van der Waals surface area contributed by atoms with Gasteiger partial charge in [-0.1, -0.05) is 103 Å². The highest BCUT2D eigenvalue weighted by atomic mass is 32.1. The zero-order valence-electron chi connectivity index (χ0n) is 23.9. The Hall–Kier alpha value is -5.13. The van der Waals surface area contributed by atoms with Crippen molar-refractivity contribution in [1.82, 2.24) is 15.0 Å². The van der Waals surface area contributed by atoms with E-state index in [-0.39, 0.29) is 11.8 Å². The molecule has 44 heavy (non-hydrogen) atoms. The molecular weight excluding hydrogens is 559 g/mol. The highest BCUT2D eigenvalue weighted by Crippen LogP contribution is 2.46. The van der Waals surface area contributed by atoms with Crippen LogP contribution >= 0.6 is 11.3 Å². The number of para-hydroxylation sites is 1. The standard InChI is InChI=1S/C39H27N3OS/c1-3-11-24(12-4-1)37-40-38(25-13-5-2-6-14-25)42-39(41-37)27-21-31(36-30-16-8-10-18-34(30)44-35(36)23-27)26-19-20-29-28-15-7-9-17-32(28)43-33(29)22-26/h1-13,15-22,25,27H,14,23H2. The van der Waals surface area contributed by atoms with E-state index in [9.17, 15) is 0 Å². The molecule has 4 aromatic carbocycles. The Bertz CT molecular complexity index is 2310. The molecule has 9 rings (SSSR count). The van der Waals surface area contributed by atoms with Gasteiger partial charge in [-0.2, -0.15) is 0 Å². The summed E-state index contributed by atoms with van der Waals surface area (Å²) in [6, 6.07) is 33.9. The minimum Gasteiger partial charge on any atom is -0.456 e. The lowest BCUT2D eigenvalue weighted by molar-refractivity contribution is 0.669. The zero-order chi connectivity index (χ0) is 29.0. The molecule has 0 radical (unpaired) electrons. The number of nitrogens with zero attached hydrogens (tertiary/aromatic N) is 3. The third kappa shape index (κ3) is 4.23.